The Morgan fingerprint density at radius 3 is 2.23 bits per heavy atom. The van der Waals surface area contributed by atoms with Gasteiger partial charge in [-0.15, -0.1) is 0 Å². The van der Waals surface area contributed by atoms with Crippen molar-refractivity contribution in [2.45, 2.75) is 47.0 Å². The number of allylic oxidation sites excluding steroid dienone is 4. The molecular formula is C13H24. The van der Waals surface area contributed by atoms with Crippen molar-refractivity contribution in [3.63, 3.8) is 0 Å². The Balaban J connectivity index is 3.45. The second-order valence-corrected chi connectivity index (χ2v) is 4.21. The number of rotatable bonds is 6. The molecule has 0 saturated carbocycles. The zero-order valence-electron chi connectivity index (χ0n) is 9.59. The van der Waals surface area contributed by atoms with Crippen LogP contribution in [0.2, 0.25) is 0 Å². The van der Waals surface area contributed by atoms with Gasteiger partial charge in [0.2, 0.25) is 0 Å². The van der Waals surface area contributed by atoms with Crippen molar-refractivity contribution in [1.29, 1.82) is 0 Å². The molecular weight excluding hydrogens is 156 g/mol. The summed E-state index contributed by atoms with van der Waals surface area (Å²) in [5.41, 5.74) is 0. The fourth-order valence-electron chi connectivity index (χ4n) is 1.31. The minimum atomic E-state index is 0.731. The first-order valence-corrected chi connectivity index (χ1v) is 5.46. The van der Waals surface area contributed by atoms with E-state index < -0.39 is 0 Å². The fraction of sp³-hybridized carbons (Fsp3) is 0.692. The van der Waals surface area contributed by atoms with Gasteiger partial charge in [0.25, 0.3) is 0 Å². The van der Waals surface area contributed by atoms with Crippen LogP contribution in [-0.4, -0.2) is 0 Å². The molecule has 0 fully saturated rings. The predicted octanol–water partition coefficient (Wildman–Crippen LogP) is 4.58. The van der Waals surface area contributed by atoms with Crippen molar-refractivity contribution < 1.29 is 0 Å². The molecule has 0 spiro atoms. The first-order chi connectivity index (χ1) is 6.16. The monoisotopic (exact) mass is 180 g/mol. The molecule has 0 aliphatic carbocycles. The highest BCUT2D eigenvalue weighted by molar-refractivity contribution is 5.02. The van der Waals surface area contributed by atoms with Crippen molar-refractivity contribution >= 4 is 0 Å². The second-order valence-electron chi connectivity index (χ2n) is 4.21. The third-order valence-corrected chi connectivity index (χ3v) is 2.18. The predicted molar refractivity (Wildman–Crippen MR) is 61.8 cm³/mol. The van der Waals surface area contributed by atoms with Crippen LogP contribution in [0.5, 0.6) is 0 Å². The SMILES string of the molecule is CC=CC=CC(C)CCCC(C)C. The van der Waals surface area contributed by atoms with E-state index in [4.69, 9.17) is 0 Å². The summed E-state index contributed by atoms with van der Waals surface area (Å²) in [6.45, 7) is 8.93. The van der Waals surface area contributed by atoms with E-state index in [1.807, 2.05) is 6.92 Å². The lowest BCUT2D eigenvalue weighted by molar-refractivity contribution is 0.502. The molecule has 0 aromatic carbocycles. The zero-order chi connectivity index (χ0) is 10.1. The van der Waals surface area contributed by atoms with Crippen LogP contribution >= 0.6 is 0 Å². The van der Waals surface area contributed by atoms with Crippen LogP contribution in [0.4, 0.5) is 0 Å². The largest absolute Gasteiger partial charge is 0.0877 e. The average Bonchev–Trinajstić information content (AvgIpc) is 2.04. The molecule has 0 bridgehead atoms. The zero-order valence-corrected chi connectivity index (χ0v) is 9.59. The Labute approximate surface area is 83.7 Å². The molecule has 0 aromatic rings. The number of hydrogen-bond acceptors (Lipinski definition) is 0. The van der Waals surface area contributed by atoms with Gasteiger partial charge < -0.3 is 0 Å². The maximum Gasteiger partial charge on any atom is -0.0259 e. The molecule has 0 aliphatic rings. The molecule has 0 heterocycles. The molecule has 0 aliphatic heterocycles. The maximum atomic E-state index is 2.29. The highest BCUT2D eigenvalue weighted by atomic mass is 14.0. The molecule has 0 heteroatoms. The van der Waals surface area contributed by atoms with Gasteiger partial charge in [-0.25, -0.2) is 0 Å². The van der Waals surface area contributed by atoms with Crippen molar-refractivity contribution in [3.05, 3.63) is 24.3 Å². The van der Waals surface area contributed by atoms with E-state index in [0.717, 1.165) is 11.8 Å². The van der Waals surface area contributed by atoms with E-state index in [-0.39, 0.29) is 0 Å². The van der Waals surface area contributed by atoms with Crippen LogP contribution in [0.25, 0.3) is 0 Å². The molecule has 1 atom stereocenters. The molecule has 76 valence electrons. The standard InChI is InChI=1S/C13H24/c1-5-6-7-10-13(4)11-8-9-12(2)3/h5-7,10,12-13H,8-9,11H2,1-4H3. The third kappa shape index (κ3) is 9.39. The Hall–Kier alpha value is -0.520. The van der Waals surface area contributed by atoms with Gasteiger partial charge in [0, 0.05) is 0 Å². The Morgan fingerprint density at radius 1 is 1.00 bits per heavy atom. The summed E-state index contributed by atoms with van der Waals surface area (Å²) in [4.78, 5) is 0. The minimum Gasteiger partial charge on any atom is -0.0877 e. The quantitative estimate of drug-likeness (QED) is 0.525. The van der Waals surface area contributed by atoms with Gasteiger partial charge in [-0.3, -0.25) is 0 Å². The molecule has 0 N–H and O–H groups in total. The van der Waals surface area contributed by atoms with Crippen LogP contribution < -0.4 is 0 Å². The Morgan fingerprint density at radius 2 is 1.69 bits per heavy atom. The van der Waals surface area contributed by atoms with Crippen molar-refractivity contribution in [2.75, 3.05) is 0 Å². The number of hydrogen-bond donors (Lipinski definition) is 0. The summed E-state index contributed by atoms with van der Waals surface area (Å²) >= 11 is 0. The van der Waals surface area contributed by atoms with E-state index >= 15 is 0 Å². The third-order valence-electron chi connectivity index (χ3n) is 2.18. The van der Waals surface area contributed by atoms with E-state index in [1.165, 1.54) is 19.3 Å². The molecule has 0 radical (unpaired) electrons. The topological polar surface area (TPSA) is 0 Å². The molecule has 0 saturated heterocycles. The Kier molecular flexibility index (Phi) is 7.77. The first kappa shape index (κ1) is 12.5. The summed E-state index contributed by atoms with van der Waals surface area (Å²) in [6.07, 6.45) is 12.7. The van der Waals surface area contributed by atoms with Crippen LogP contribution in [0.1, 0.15) is 47.0 Å². The molecule has 0 rings (SSSR count). The molecule has 0 nitrogen and oxygen atoms in total. The van der Waals surface area contributed by atoms with E-state index in [1.54, 1.807) is 0 Å². The van der Waals surface area contributed by atoms with Crippen molar-refractivity contribution in [3.8, 4) is 0 Å². The van der Waals surface area contributed by atoms with Gasteiger partial charge in [0.1, 0.15) is 0 Å². The van der Waals surface area contributed by atoms with Crippen molar-refractivity contribution in [1.82, 2.24) is 0 Å². The highest BCUT2D eigenvalue weighted by Gasteiger charge is 1.98. The van der Waals surface area contributed by atoms with E-state index in [0.29, 0.717) is 0 Å². The lowest BCUT2D eigenvalue weighted by Crippen LogP contribution is -1.92. The highest BCUT2D eigenvalue weighted by Crippen LogP contribution is 2.13. The second kappa shape index (κ2) is 8.10. The van der Waals surface area contributed by atoms with Gasteiger partial charge in [0.15, 0.2) is 0 Å². The van der Waals surface area contributed by atoms with Crippen LogP contribution in [0, 0.1) is 11.8 Å². The smallest absolute Gasteiger partial charge is 0.0259 e. The van der Waals surface area contributed by atoms with Gasteiger partial charge in [-0.2, -0.15) is 0 Å². The van der Waals surface area contributed by atoms with Gasteiger partial charge in [-0.1, -0.05) is 57.9 Å². The van der Waals surface area contributed by atoms with E-state index in [9.17, 15) is 0 Å². The molecule has 0 aromatic heterocycles. The van der Waals surface area contributed by atoms with Gasteiger partial charge in [0.05, 0.1) is 0 Å². The van der Waals surface area contributed by atoms with E-state index in [2.05, 4.69) is 45.1 Å². The van der Waals surface area contributed by atoms with Crippen LogP contribution in [0.3, 0.4) is 0 Å². The Bertz CT molecular complexity index is 151. The molecule has 0 amide bonds. The summed E-state index contributed by atoms with van der Waals surface area (Å²) in [6, 6.07) is 0. The van der Waals surface area contributed by atoms with Gasteiger partial charge >= 0.3 is 0 Å². The summed E-state index contributed by atoms with van der Waals surface area (Å²) in [5, 5.41) is 0. The normalized spacial score (nSPS) is 14.8. The maximum absolute atomic E-state index is 2.29. The first-order valence-electron chi connectivity index (χ1n) is 5.46. The molecule has 13 heavy (non-hydrogen) atoms. The van der Waals surface area contributed by atoms with Crippen LogP contribution in [0.15, 0.2) is 24.3 Å². The summed E-state index contributed by atoms with van der Waals surface area (Å²) < 4.78 is 0. The minimum absolute atomic E-state index is 0.731. The van der Waals surface area contributed by atoms with Gasteiger partial charge in [-0.05, 0) is 25.2 Å². The van der Waals surface area contributed by atoms with Crippen molar-refractivity contribution in [2.24, 2.45) is 11.8 Å². The fourth-order valence-corrected chi connectivity index (χ4v) is 1.31. The van der Waals surface area contributed by atoms with Crippen LogP contribution in [-0.2, 0) is 0 Å². The summed E-state index contributed by atoms with van der Waals surface area (Å²) in [7, 11) is 0. The molecule has 1 unspecified atom stereocenters. The average molecular weight is 180 g/mol. The summed E-state index contributed by atoms with van der Waals surface area (Å²) in [5.74, 6) is 1.58. The lowest BCUT2D eigenvalue weighted by Gasteiger charge is -2.07. The lowest BCUT2D eigenvalue weighted by atomic mass is 9.99.